The van der Waals surface area contributed by atoms with E-state index in [-0.39, 0.29) is 12.3 Å². The molecular formula is C20H21N3O6. The summed E-state index contributed by atoms with van der Waals surface area (Å²) in [5.74, 6) is -2.99. The Kier molecular flexibility index (Phi) is 7.72. The van der Waals surface area contributed by atoms with Crippen LogP contribution in [0.5, 0.6) is 0 Å². The third kappa shape index (κ3) is 6.65. The van der Waals surface area contributed by atoms with Crippen molar-refractivity contribution in [1.82, 2.24) is 10.6 Å². The zero-order valence-electron chi connectivity index (χ0n) is 15.5. The molecule has 0 unspecified atom stereocenters. The summed E-state index contributed by atoms with van der Waals surface area (Å²) in [5.41, 5.74) is 0.812. The SMILES string of the molecule is C=CC(=O)N[C@@H](Cc1ccccc1)C(=O)NCC(=O)N(CC(=O)O)c1ccco1. The Morgan fingerprint density at radius 3 is 2.45 bits per heavy atom. The van der Waals surface area contributed by atoms with Crippen LogP contribution in [0.3, 0.4) is 0 Å². The van der Waals surface area contributed by atoms with Crippen LogP contribution in [-0.4, -0.2) is 47.9 Å². The number of benzene rings is 1. The van der Waals surface area contributed by atoms with E-state index in [1.54, 1.807) is 24.3 Å². The molecule has 1 heterocycles. The Hall–Kier alpha value is -3.88. The van der Waals surface area contributed by atoms with E-state index in [1.807, 2.05) is 6.07 Å². The van der Waals surface area contributed by atoms with Crippen molar-refractivity contribution in [2.24, 2.45) is 0 Å². The van der Waals surface area contributed by atoms with Gasteiger partial charge in [-0.05, 0) is 17.7 Å². The molecule has 1 aromatic heterocycles. The minimum atomic E-state index is -1.23. The van der Waals surface area contributed by atoms with E-state index in [2.05, 4.69) is 17.2 Å². The van der Waals surface area contributed by atoms with Crippen LogP contribution in [-0.2, 0) is 25.6 Å². The molecule has 0 aliphatic heterocycles. The van der Waals surface area contributed by atoms with Gasteiger partial charge in [-0.3, -0.25) is 24.1 Å². The lowest BCUT2D eigenvalue weighted by atomic mass is 10.1. The maximum Gasteiger partial charge on any atom is 0.323 e. The zero-order chi connectivity index (χ0) is 21.2. The molecule has 9 nitrogen and oxygen atoms in total. The second kappa shape index (κ2) is 10.5. The summed E-state index contributed by atoms with van der Waals surface area (Å²) in [6.45, 7) is 2.27. The highest BCUT2D eigenvalue weighted by atomic mass is 16.4. The third-order valence-corrected chi connectivity index (χ3v) is 3.88. The number of carboxylic acid groups (broad SMARTS) is 1. The van der Waals surface area contributed by atoms with Crippen molar-refractivity contribution in [2.45, 2.75) is 12.5 Å². The van der Waals surface area contributed by atoms with E-state index in [0.717, 1.165) is 16.5 Å². The quantitative estimate of drug-likeness (QED) is 0.505. The molecule has 3 N–H and O–H groups in total. The van der Waals surface area contributed by atoms with Crippen molar-refractivity contribution in [3.63, 3.8) is 0 Å². The van der Waals surface area contributed by atoms with E-state index in [9.17, 15) is 19.2 Å². The molecule has 152 valence electrons. The van der Waals surface area contributed by atoms with Gasteiger partial charge in [-0.15, -0.1) is 0 Å². The number of carboxylic acids is 1. The molecule has 29 heavy (non-hydrogen) atoms. The van der Waals surface area contributed by atoms with Crippen molar-refractivity contribution in [3.8, 4) is 0 Å². The number of anilines is 1. The highest BCUT2D eigenvalue weighted by molar-refractivity contribution is 6.00. The molecule has 0 aliphatic rings. The number of carbonyl (C=O) groups excluding carboxylic acids is 3. The minimum absolute atomic E-state index is 0.0486. The Morgan fingerprint density at radius 1 is 1.14 bits per heavy atom. The number of hydrogen-bond acceptors (Lipinski definition) is 5. The number of carbonyl (C=O) groups is 4. The van der Waals surface area contributed by atoms with E-state index >= 15 is 0 Å². The molecule has 0 aliphatic carbocycles. The molecule has 1 aromatic carbocycles. The van der Waals surface area contributed by atoms with Gasteiger partial charge in [0.1, 0.15) is 12.6 Å². The van der Waals surface area contributed by atoms with Crippen LogP contribution in [0.1, 0.15) is 5.56 Å². The Morgan fingerprint density at radius 2 is 1.86 bits per heavy atom. The van der Waals surface area contributed by atoms with Crippen LogP contribution in [0.4, 0.5) is 5.88 Å². The smallest absolute Gasteiger partial charge is 0.323 e. The molecule has 0 saturated carbocycles. The van der Waals surface area contributed by atoms with Crippen LogP contribution in [0.2, 0.25) is 0 Å². The van der Waals surface area contributed by atoms with E-state index in [0.29, 0.717) is 0 Å². The lowest BCUT2D eigenvalue weighted by Crippen LogP contribution is -2.50. The first-order valence-corrected chi connectivity index (χ1v) is 8.71. The van der Waals surface area contributed by atoms with Crippen LogP contribution in [0, 0.1) is 0 Å². The van der Waals surface area contributed by atoms with Gasteiger partial charge in [0.05, 0.1) is 12.8 Å². The molecule has 0 saturated heterocycles. The second-order valence-corrected chi connectivity index (χ2v) is 6.00. The van der Waals surface area contributed by atoms with Crippen molar-refractivity contribution in [1.29, 1.82) is 0 Å². The molecule has 1 atom stereocenters. The number of nitrogens with zero attached hydrogens (tertiary/aromatic N) is 1. The molecule has 0 spiro atoms. The largest absolute Gasteiger partial charge is 0.480 e. The molecule has 2 aromatic rings. The fraction of sp³-hybridized carbons (Fsp3) is 0.200. The van der Waals surface area contributed by atoms with E-state index in [4.69, 9.17) is 9.52 Å². The summed E-state index contributed by atoms with van der Waals surface area (Å²) in [7, 11) is 0. The maximum absolute atomic E-state index is 12.6. The van der Waals surface area contributed by atoms with Crippen LogP contribution in [0.25, 0.3) is 0 Å². The first-order valence-electron chi connectivity index (χ1n) is 8.71. The molecule has 0 radical (unpaired) electrons. The molecule has 3 amide bonds. The maximum atomic E-state index is 12.6. The summed E-state index contributed by atoms with van der Waals surface area (Å²) in [4.78, 5) is 48.6. The summed E-state index contributed by atoms with van der Waals surface area (Å²) >= 11 is 0. The first-order chi connectivity index (χ1) is 13.9. The van der Waals surface area contributed by atoms with Crippen molar-refractivity contribution >= 4 is 29.6 Å². The lowest BCUT2D eigenvalue weighted by molar-refractivity contribution is -0.136. The van der Waals surface area contributed by atoms with Gasteiger partial charge in [-0.25, -0.2) is 0 Å². The lowest BCUT2D eigenvalue weighted by Gasteiger charge is -2.20. The molecule has 9 heteroatoms. The average Bonchev–Trinajstić information content (AvgIpc) is 3.24. The average molecular weight is 399 g/mol. The minimum Gasteiger partial charge on any atom is -0.480 e. The van der Waals surface area contributed by atoms with E-state index in [1.165, 1.54) is 18.4 Å². The number of hydrogen-bond donors (Lipinski definition) is 3. The summed E-state index contributed by atoms with van der Waals surface area (Å²) < 4.78 is 5.08. The van der Waals surface area contributed by atoms with Crippen LogP contribution < -0.4 is 15.5 Å². The second-order valence-electron chi connectivity index (χ2n) is 6.00. The zero-order valence-corrected chi connectivity index (χ0v) is 15.5. The van der Waals surface area contributed by atoms with Crippen molar-refractivity contribution in [3.05, 3.63) is 66.9 Å². The van der Waals surface area contributed by atoms with Gasteiger partial charge in [-0.1, -0.05) is 36.9 Å². The molecule has 0 fully saturated rings. The molecule has 0 bridgehead atoms. The highest BCUT2D eigenvalue weighted by Gasteiger charge is 2.24. The number of amides is 3. The topological polar surface area (TPSA) is 129 Å². The van der Waals surface area contributed by atoms with Crippen molar-refractivity contribution in [2.75, 3.05) is 18.0 Å². The number of aliphatic carboxylic acids is 1. The fourth-order valence-electron chi connectivity index (χ4n) is 2.52. The number of furan rings is 1. The molecule has 2 rings (SSSR count). The summed E-state index contributed by atoms with van der Waals surface area (Å²) in [6, 6.07) is 11.0. The number of rotatable bonds is 10. The van der Waals surface area contributed by atoms with Crippen molar-refractivity contribution < 1.29 is 28.7 Å². The predicted molar refractivity (Wildman–Crippen MR) is 104 cm³/mol. The summed E-state index contributed by atoms with van der Waals surface area (Å²) in [6.07, 6.45) is 2.55. The summed E-state index contributed by atoms with van der Waals surface area (Å²) in [5, 5.41) is 14.0. The van der Waals surface area contributed by atoms with Gasteiger partial charge in [-0.2, -0.15) is 0 Å². The molecular weight excluding hydrogens is 378 g/mol. The normalized spacial score (nSPS) is 11.2. The monoisotopic (exact) mass is 399 g/mol. The van der Waals surface area contributed by atoms with Crippen LogP contribution >= 0.6 is 0 Å². The standard InChI is InChI=1S/C20H21N3O6/c1-2-16(24)22-15(11-14-7-4-3-5-8-14)20(28)21-12-17(25)23(13-19(26)27)18-9-6-10-29-18/h2-10,15H,1,11-13H2,(H,21,28)(H,22,24)(H,26,27)/t15-/m0/s1. The van der Waals surface area contributed by atoms with Gasteiger partial charge in [0.25, 0.3) is 0 Å². The first kappa shape index (κ1) is 21.4. The van der Waals surface area contributed by atoms with Gasteiger partial charge in [0, 0.05) is 12.5 Å². The third-order valence-electron chi connectivity index (χ3n) is 3.88. The predicted octanol–water partition coefficient (Wildman–Crippen LogP) is 0.727. The highest BCUT2D eigenvalue weighted by Crippen LogP contribution is 2.14. The van der Waals surface area contributed by atoms with Gasteiger partial charge < -0.3 is 20.2 Å². The van der Waals surface area contributed by atoms with Gasteiger partial charge in [0.15, 0.2) is 0 Å². The number of nitrogens with one attached hydrogen (secondary N) is 2. The fourth-order valence-corrected chi connectivity index (χ4v) is 2.52. The Balaban J connectivity index is 2.05. The van der Waals surface area contributed by atoms with Gasteiger partial charge >= 0.3 is 5.97 Å². The van der Waals surface area contributed by atoms with Crippen LogP contribution in [0.15, 0.2) is 65.8 Å². The van der Waals surface area contributed by atoms with Gasteiger partial charge in [0.2, 0.25) is 23.6 Å². The Bertz CT molecular complexity index is 864. The Labute approximate surface area is 167 Å². The van der Waals surface area contributed by atoms with E-state index < -0.39 is 42.8 Å².